The van der Waals surface area contributed by atoms with Gasteiger partial charge in [-0.05, 0) is 37.1 Å². The van der Waals surface area contributed by atoms with Gasteiger partial charge in [-0.2, -0.15) is 0 Å². The number of rotatable bonds is 10. The van der Waals surface area contributed by atoms with E-state index in [0.717, 1.165) is 16.1 Å². The maximum absolute atomic E-state index is 13.4. The molecule has 0 spiro atoms. The Kier molecular flexibility index (Phi) is 9.36. The van der Waals surface area contributed by atoms with E-state index in [-0.39, 0.29) is 28.2 Å². The minimum atomic E-state index is -3.83. The molecule has 0 heterocycles. The first kappa shape index (κ1) is 26.0. The highest BCUT2D eigenvalue weighted by Gasteiger charge is 2.31. The van der Waals surface area contributed by atoms with Gasteiger partial charge in [0.1, 0.15) is 12.6 Å². The first-order chi connectivity index (χ1) is 15.1. The maximum Gasteiger partial charge on any atom is 0.244 e. The Morgan fingerprint density at radius 1 is 1.03 bits per heavy atom. The van der Waals surface area contributed by atoms with Crippen molar-refractivity contribution in [1.29, 1.82) is 0 Å². The number of carbonyl (C=O) groups is 2. The van der Waals surface area contributed by atoms with Gasteiger partial charge in [0.2, 0.25) is 21.8 Å². The molecule has 2 rings (SSSR count). The average molecular weight is 500 g/mol. The molecule has 0 radical (unpaired) electrons. The van der Waals surface area contributed by atoms with Crippen LogP contribution in [0, 0.1) is 0 Å². The Balaban J connectivity index is 2.42. The van der Waals surface area contributed by atoms with Crippen LogP contribution in [0.2, 0.25) is 10.0 Å². The lowest BCUT2D eigenvalue weighted by Gasteiger charge is -2.32. The van der Waals surface area contributed by atoms with E-state index in [1.807, 2.05) is 30.3 Å². The molecule has 0 saturated heterocycles. The van der Waals surface area contributed by atoms with E-state index in [4.69, 9.17) is 23.2 Å². The summed E-state index contributed by atoms with van der Waals surface area (Å²) in [6.45, 7) is 3.69. The first-order valence-corrected chi connectivity index (χ1v) is 12.7. The van der Waals surface area contributed by atoms with Crippen LogP contribution < -0.4 is 9.62 Å². The highest BCUT2D eigenvalue weighted by molar-refractivity contribution is 7.92. The number of hydrogen-bond donors (Lipinski definition) is 1. The summed E-state index contributed by atoms with van der Waals surface area (Å²) in [5, 5.41) is 3.18. The topological polar surface area (TPSA) is 86.8 Å². The molecule has 2 amide bonds. The van der Waals surface area contributed by atoms with E-state index in [1.54, 1.807) is 13.8 Å². The molecule has 2 aromatic rings. The normalized spacial score (nSPS) is 12.2. The van der Waals surface area contributed by atoms with Crippen molar-refractivity contribution in [3.63, 3.8) is 0 Å². The van der Waals surface area contributed by atoms with E-state index < -0.39 is 28.5 Å². The number of hydrogen-bond acceptors (Lipinski definition) is 4. The Morgan fingerprint density at radius 3 is 2.22 bits per heavy atom. The second-order valence-corrected chi connectivity index (χ2v) is 9.92. The van der Waals surface area contributed by atoms with Gasteiger partial charge in [-0.3, -0.25) is 13.9 Å². The van der Waals surface area contributed by atoms with Crippen LogP contribution in [0.4, 0.5) is 5.69 Å². The summed E-state index contributed by atoms with van der Waals surface area (Å²) in [6, 6.07) is 12.8. The number of benzene rings is 2. The van der Waals surface area contributed by atoms with Crippen LogP contribution >= 0.6 is 23.2 Å². The van der Waals surface area contributed by atoms with Crippen LogP contribution in [-0.2, 0) is 26.2 Å². The molecule has 7 nitrogen and oxygen atoms in total. The van der Waals surface area contributed by atoms with Crippen molar-refractivity contribution in [2.75, 3.05) is 23.7 Å². The molecule has 0 fully saturated rings. The van der Waals surface area contributed by atoms with Crippen LogP contribution in [0.5, 0.6) is 0 Å². The van der Waals surface area contributed by atoms with Gasteiger partial charge in [0.25, 0.3) is 0 Å². The van der Waals surface area contributed by atoms with Crippen molar-refractivity contribution in [2.24, 2.45) is 0 Å². The highest BCUT2D eigenvalue weighted by atomic mass is 35.5. The lowest BCUT2D eigenvalue weighted by molar-refractivity contribution is -0.140. The van der Waals surface area contributed by atoms with Crippen molar-refractivity contribution in [3.05, 3.63) is 64.1 Å². The molecule has 1 N–H and O–H groups in total. The second-order valence-electron chi connectivity index (χ2n) is 7.19. The van der Waals surface area contributed by atoms with E-state index >= 15 is 0 Å². The minimum absolute atomic E-state index is 0.161. The zero-order valence-corrected chi connectivity index (χ0v) is 20.5. The summed E-state index contributed by atoms with van der Waals surface area (Å²) in [4.78, 5) is 27.5. The number of nitrogens with zero attached hydrogens (tertiary/aromatic N) is 2. The van der Waals surface area contributed by atoms with Gasteiger partial charge >= 0.3 is 0 Å². The van der Waals surface area contributed by atoms with Crippen LogP contribution in [-0.4, -0.2) is 50.5 Å². The van der Waals surface area contributed by atoms with E-state index in [0.29, 0.717) is 13.0 Å². The molecule has 0 aliphatic heterocycles. The standard InChI is InChI=1S/C22H27Cl2N3O4S/c1-4-20(22(29)25-5-2)26(14-16-9-7-6-8-10-16)21(28)15-27(32(3,30)31)17-11-12-18(23)19(24)13-17/h6-13,20H,4-5,14-15H2,1-3H3,(H,25,29). The van der Waals surface area contributed by atoms with Crippen molar-refractivity contribution >= 4 is 50.7 Å². The number of halogens is 2. The summed E-state index contributed by atoms with van der Waals surface area (Å²) in [6.07, 6.45) is 1.38. The Hall–Kier alpha value is -2.29. The molecule has 0 aromatic heterocycles. The number of anilines is 1. The van der Waals surface area contributed by atoms with Crippen molar-refractivity contribution in [3.8, 4) is 0 Å². The van der Waals surface area contributed by atoms with Gasteiger partial charge in [0.15, 0.2) is 0 Å². The summed E-state index contributed by atoms with van der Waals surface area (Å²) < 4.78 is 26.0. The lowest BCUT2D eigenvalue weighted by atomic mass is 10.1. The van der Waals surface area contributed by atoms with Gasteiger partial charge in [-0.1, -0.05) is 60.5 Å². The third kappa shape index (κ3) is 6.85. The van der Waals surface area contributed by atoms with Gasteiger partial charge in [0.05, 0.1) is 22.0 Å². The SMILES string of the molecule is CCNC(=O)C(CC)N(Cc1ccccc1)C(=O)CN(c1ccc(Cl)c(Cl)c1)S(C)(=O)=O. The van der Waals surface area contributed by atoms with Crippen LogP contribution in [0.15, 0.2) is 48.5 Å². The molecular weight excluding hydrogens is 473 g/mol. The largest absolute Gasteiger partial charge is 0.355 e. The second kappa shape index (κ2) is 11.5. The number of nitrogens with one attached hydrogen (secondary N) is 1. The molecule has 1 atom stereocenters. The zero-order chi connectivity index (χ0) is 23.9. The number of amides is 2. The Bertz CT molecular complexity index is 1050. The van der Waals surface area contributed by atoms with E-state index in [9.17, 15) is 18.0 Å². The molecule has 32 heavy (non-hydrogen) atoms. The maximum atomic E-state index is 13.4. The van der Waals surface area contributed by atoms with Crippen LogP contribution in [0.25, 0.3) is 0 Å². The molecule has 1 unspecified atom stereocenters. The fraction of sp³-hybridized carbons (Fsp3) is 0.364. The molecule has 10 heteroatoms. The van der Waals surface area contributed by atoms with Crippen molar-refractivity contribution in [1.82, 2.24) is 10.2 Å². The van der Waals surface area contributed by atoms with E-state index in [1.165, 1.54) is 23.1 Å². The molecule has 0 bridgehead atoms. The van der Waals surface area contributed by atoms with Gasteiger partial charge < -0.3 is 10.2 Å². The highest BCUT2D eigenvalue weighted by Crippen LogP contribution is 2.28. The molecule has 2 aromatic carbocycles. The number of sulfonamides is 1. The van der Waals surface area contributed by atoms with E-state index in [2.05, 4.69) is 5.32 Å². The Morgan fingerprint density at radius 2 is 1.69 bits per heavy atom. The van der Waals surface area contributed by atoms with Crippen molar-refractivity contribution < 1.29 is 18.0 Å². The fourth-order valence-electron chi connectivity index (χ4n) is 3.25. The minimum Gasteiger partial charge on any atom is -0.355 e. The first-order valence-electron chi connectivity index (χ1n) is 10.1. The molecule has 0 aliphatic carbocycles. The van der Waals surface area contributed by atoms with Crippen molar-refractivity contribution in [2.45, 2.75) is 32.9 Å². The monoisotopic (exact) mass is 499 g/mol. The molecule has 0 saturated carbocycles. The van der Waals surface area contributed by atoms with Crippen LogP contribution in [0.1, 0.15) is 25.8 Å². The third-order valence-corrected chi connectivity index (χ3v) is 6.68. The molecular formula is C22H27Cl2N3O4S. The summed E-state index contributed by atoms with van der Waals surface area (Å²) >= 11 is 12.0. The lowest BCUT2D eigenvalue weighted by Crippen LogP contribution is -2.52. The zero-order valence-electron chi connectivity index (χ0n) is 18.2. The quantitative estimate of drug-likeness (QED) is 0.539. The van der Waals surface area contributed by atoms with Crippen LogP contribution in [0.3, 0.4) is 0 Å². The van der Waals surface area contributed by atoms with Gasteiger partial charge in [-0.15, -0.1) is 0 Å². The third-order valence-electron chi connectivity index (χ3n) is 4.80. The number of carbonyl (C=O) groups excluding carboxylic acids is 2. The smallest absolute Gasteiger partial charge is 0.244 e. The predicted molar refractivity (Wildman–Crippen MR) is 128 cm³/mol. The fourth-order valence-corrected chi connectivity index (χ4v) is 4.38. The summed E-state index contributed by atoms with van der Waals surface area (Å²) in [7, 11) is -3.83. The van der Waals surface area contributed by atoms with Gasteiger partial charge in [-0.25, -0.2) is 8.42 Å². The molecule has 174 valence electrons. The predicted octanol–water partition coefficient (Wildman–Crippen LogP) is 3.70. The van der Waals surface area contributed by atoms with Gasteiger partial charge in [0, 0.05) is 13.1 Å². The summed E-state index contributed by atoms with van der Waals surface area (Å²) in [5.41, 5.74) is 1.03. The molecule has 0 aliphatic rings. The summed E-state index contributed by atoms with van der Waals surface area (Å²) in [5.74, 6) is -0.803. The Labute approximate surface area is 199 Å². The number of likely N-dealkylation sites (N-methyl/N-ethyl adjacent to an activating group) is 1. The average Bonchev–Trinajstić information content (AvgIpc) is 2.74.